The molecule has 1 N–H and O–H groups in total. The summed E-state index contributed by atoms with van der Waals surface area (Å²) >= 11 is 0. The second-order valence-electron chi connectivity index (χ2n) is 8.14. The number of ether oxygens (including phenoxy) is 2. The van der Waals surface area contributed by atoms with Gasteiger partial charge < -0.3 is 19.0 Å². The van der Waals surface area contributed by atoms with E-state index in [0.717, 1.165) is 17.0 Å². The Morgan fingerprint density at radius 2 is 1.70 bits per heavy atom. The van der Waals surface area contributed by atoms with E-state index in [1.807, 2.05) is 0 Å². The summed E-state index contributed by atoms with van der Waals surface area (Å²) in [7, 11) is 1.45. The van der Waals surface area contributed by atoms with Crippen LogP contribution < -0.4 is 14.4 Å². The fraction of sp³-hybridized carbons (Fsp3) is 0.111. The highest BCUT2D eigenvalue weighted by atomic mass is 19.4. The van der Waals surface area contributed by atoms with Gasteiger partial charge in [-0.05, 0) is 54.1 Å². The molecule has 3 aromatic carbocycles. The molecular formula is C27H18F3NO6. The minimum atomic E-state index is -4.89. The van der Waals surface area contributed by atoms with E-state index >= 15 is 0 Å². The summed E-state index contributed by atoms with van der Waals surface area (Å²) in [5.41, 5.74) is 0.761. The van der Waals surface area contributed by atoms with E-state index in [4.69, 9.17) is 9.15 Å². The van der Waals surface area contributed by atoms with E-state index in [0.29, 0.717) is 22.3 Å². The lowest BCUT2D eigenvalue weighted by atomic mass is 9.94. The minimum Gasteiger partial charge on any atom is -0.503 e. The number of hydrogen-bond donors (Lipinski definition) is 1. The second kappa shape index (κ2) is 9.05. The molecule has 0 saturated carbocycles. The number of rotatable bonds is 6. The molecule has 1 aliphatic heterocycles. The first-order chi connectivity index (χ1) is 17.7. The van der Waals surface area contributed by atoms with Crippen LogP contribution in [-0.2, 0) is 4.79 Å². The minimum absolute atomic E-state index is 0.0841. The number of para-hydroxylation sites is 1. The van der Waals surface area contributed by atoms with Gasteiger partial charge in [-0.1, -0.05) is 30.3 Å². The van der Waals surface area contributed by atoms with Crippen molar-refractivity contribution in [3.63, 3.8) is 0 Å². The van der Waals surface area contributed by atoms with Crippen molar-refractivity contribution < 1.29 is 41.8 Å². The van der Waals surface area contributed by atoms with Crippen molar-refractivity contribution in [2.45, 2.75) is 12.4 Å². The van der Waals surface area contributed by atoms with Gasteiger partial charge >= 0.3 is 6.36 Å². The van der Waals surface area contributed by atoms with Crippen molar-refractivity contribution in [3.05, 3.63) is 102 Å². The molecule has 10 heteroatoms. The molecule has 188 valence electrons. The van der Waals surface area contributed by atoms with Crippen LogP contribution >= 0.6 is 0 Å². The molecule has 5 rings (SSSR count). The average Bonchev–Trinajstić information content (AvgIpc) is 3.42. The third kappa shape index (κ3) is 4.49. The molecule has 1 atom stereocenters. The van der Waals surface area contributed by atoms with Gasteiger partial charge in [-0.2, -0.15) is 0 Å². The molecule has 37 heavy (non-hydrogen) atoms. The predicted octanol–water partition coefficient (Wildman–Crippen LogP) is 6.12. The van der Waals surface area contributed by atoms with Gasteiger partial charge in [0.15, 0.2) is 11.5 Å². The Morgan fingerprint density at radius 3 is 2.38 bits per heavy atom. The SMILES string of the molecule is COc1cccc(C2C(C(=O)c3cc4ccccc4o3)=C(O)C(=O)N2c2ccc(OC(F)(F)F)cc2)c1. The summed E-state index contributed by atoms with van der Waals surface area (Å²) in [5.74, 6) is -2.56. The largest absolute Gasteiger partial charge is 0.573 e. The Morgan fingerprint density at radius 1 is 0.973 bits per heavy atom. The summed E-state index contributed by atoms with van der Waals surface area (Å²) in [5, 5.41) is 11.5. The summed E-state index contributed by atoms with van der Waals surface area (Å²) in [6.45, 7) is 0. The molecule has 0 bridgehead atoms. The maximum Gasteiger partial charge on any atom is 0.573 e. The Bertz CT molecular complexity index is 1500. The normalized spacial score (nSPS) is 15.9. The molecule has 0 radical (unpaired) electrons. The fourth-order valence-electron chi connectivity index (χ4n) is 4.27. The van der Waals surface area contributed by atoms with Crippen molar-refractivity contribution in [1.82, 2.24) is 0 Å². The van der Waals surface area contributed by atoms with Gasteiger partial charge in [0, 0.05) is 11.1 Å². The number of methoxy groups -OCH3 is 1. The number of carbonyl (C=O) groups excluding carboxylic acids is 2. The average molecular weight is 509 g/mol. The quantitative estimate of drug-likeness (QED) is 0.315. The van der Waals surface area contributed by atoms with E-state index in [1.54, 1.807) is 48.5 Å². The van der Waals surface area contributed by atoms with Crippen LogP contribution in [0.2, 0.25) is 0 Å². The number of amides is 1. The number of aliphatic hydroxyl groups is 1. The monoisotopic (exact) mass is 509 g/mol. The van der Waals surface area contributed by atoms with Gasteiger partial charge in [-0.15, -0.1) is 13.2 Å². The first-order valence-corrected chi connectivity index (χ1v) is 11.0. The van der Waals surface area contributed by atoms with Crippen LogP contribution in [0.1, 0.15) is 22.2 Å². The van der Waals surface area contributed by atoms with Crippen LogP contribution in [0.3, 0.4) is 0 Å². The van der Waals surface area contributed by atoms with E-state index in [1.165, 1.54) is 25.3 Å². The zero-order chi connectivity index (χ0) is 26.3. The molecule has 7 nitrogen and oxygen atoms in total. The topological polar surface area (TPSA) is 89.2 Å². The maximum atomic E-state index is 13.6. The Balaban J connectivity index is 1.61. The highest BCUT2D eigenvalue weighted by molar-refractivity contribution is 6.20. The smallest absolute Gasteiger partial charge is 0.503 e. The van der Waals surface area contributed by atoms with E-state index in [9.17, 15) is 27.9 Å². The number of furan rings is 1. The molecule has 0 saturated heterocycles. The predicted molar refractivity (Wildman–Crippen MR) is 127 cm³/mol. The summed E-state index contributed by atoms with van der Waals surface area (Å²) < 4.78 is 52.7. The second-order valence-corrected chi connectivity index (χ2v) is 8.14. The summed E-state index contributed by atoms with van der Waals surface area (Å²) in [4.78, 5) is 28.0. The van der Waals surface area contributed by atoms with Crippen LogP contribution in [0.15, 0.2) is 94.6 Å². The molecule has 0 aliphatic carbocycles. The number of aliphatic hydroxyl groups excluding tert-OH is 1. The van der Waals surface area contributed by atoms with E-state index in [-0.39, 0.29) is 17.0 Å². The number of nitrogens with zero attached hydrogens (tertiary/aromatic N) is 1. The highest BCUT2D eigenvalue weighted by Gasteiger charge is 2.45. The number of Topliss-reactive ketones (excluding diaryl/α,β-unsaturated/α-hetero) is 1. The number of alkyl halides is 3. The number of halogens is 3. The standard InChI is InChI=1S/C27H18F3NO6/c1-35-19-7-4-6-16(13-19)23-22(24(32)21-14-15-5-2-3-8-20(15)36-21)25(33)26(34)31(23)17-9-11-18(12-10-17)37-27(28,29)30/h2-14,23,33H,1H3. The van der Waals surface area contributed by atoms with Crippen molar-refractivity contribution in [3.8, 4) is 11.5 Å². The van der Waals surface area contributed by atoms with E-state index in [2.05, 4.69) is 4.74 Å². The van der Waals surface area contributed by atoms with Gasteiger partial charge in [0.2, 0.25) is 5.78 Å². The van der Waals surface area contributed by atoms with Gasteiger partial charge in [-0.25, -0.2) is 0 Å². The van der Waals surface area contributed by atoms with Crippen LogP contribution in [0.4, 0.5) is 18.9 Å². The van der Waals surface area contributed by atoms with Crippen LogP contribution in [0, 0.1) is 0 Å². The zero-order valence-electron chi connectivity index (χ0n) is 19.2. The summed E-state index contributed by atoms with van der Waals surface area (Å²) in [6, 6.07) is 18.4. The van der Waals surface area contributed by atoms with Crippen molar-refractivity contribution in [2.24, 2.45) is 0 Å². The Labute approximate surface area is 207 Å². The van der Waals surface area contributed by atoms with Crippen molar-refractivity contribution in [2.75, 3.05) is 12.0 Å². The third-order valence-corrected chi connectivity index (χ3v) is 5.86. The molecule has 1 unspecified atom stereocenters. The maximum absolute atomic E-state index is 13.6. The zero-order valence-corrected chi connectivity index (χ0v) is 19.2. The molecule has 1 aliphatic rings. The number of benzene rings is 3. The number of hydrogen-bond acceptors (Lipinski definition) is 6. The Hall–Kier alpha value is -4.73. The first kappa shape index (κ1) is 24.0. The van der Waals surface area contributed by atoms with Gasteiger partial charge in [-0.3, -0.25) is 14.5 Å². The van der Waals surface area contributed by atoms with Crippen molar-refractivity contribution >= 4 is 28.3 Å². The van der Waals surface area contributed by atoms with E-state index < -0.39 is 35.6 Å². The lowest BCUT2D eigenvalue weighted by molar-refractivity contribution is -0.274. The number of fused-ring (bicyclic) bond motifs is 1. The van der Waals surface area contributed by atoms with Crippen LogP contribution in [0.5, 0.6) is 11.5 Å². The van der Waals surface area contributed by atoms with Crippen LogP contribution in [-0.4, -0.2) is 30.3 Å². The number of ketones is 1. The third-order valence-electron chi connectivity index (χ3n) is 5.86. The lowest BCUT2D eigenvalue weighted by Crippen LogP contribution is -2.31. The molecule has 4 aromatic rings. The first-order valence-electron chi connectivity index (χ1n) is 11.0. The molecule has 2 heterocycles. The number of anilines is 1. The molecule has 0 fully saturated rings. The summed E-state index contributed by atoms with van der Waals surface area (Å²) in [6.07, 6.45) is -4.89. The van der Waals surface area contributed by atoms with Gasteiger partial charge in [0.1, 0.15) is 17.1 Å². The van der Waals surface area contributed by atoms with Gasteiger partial charge in [0.25, 0.3) is 5.91 Å². The van der Waals surface area contributed by atoms with Crippen molar-refractivity contribution in [1.29, 1.82) is 0 Å². The molecule has 1 aromatic heterocycles. The lowest BCUT2D eigenvalue weighted by Gasteiger charge is -2.27. The molecular weight excluding hydrogens is 491 g/mol. The molecule has 1 amide bonds. The Kier molecular flexibility index (Phi) is 5.87. The van der Waals surface area contributed by atoms with Gasteiger partial charge in [0.05, 0.1) is 18.7 Å². The fourth-order valence-corrected chi connectivity index (χ4v) is 4.27. The highest BCUT2D eigenvalue weighted by Crippen LogP contribution is 2.43. The number of carbonyl (C=O) groups is 2. The molecule has 0 spiro atoms. The van der Waals surface area contributed by atoms with Crippen LogP contribution in [0.25, 0.3) is 11.0 Å².